The summed E-state index contributed by atoms with van der Waals surface area (Å²) in [5, 5.41) is 7.08. The van der Waals surface area contributed by atoms with E-state index in [0.29, 0.717) is 19.1 Å². The fraction of sp³-hybridized carbons (Fsp3) is 0.545. The number of nitrogens with one attached hydrogen (secondary N) is 1. The summed E-state index contributed by atoms with van der Waals surface area (Å²) in [5.74, 6) is 1.19. The third-order valence-corrected chi connectivity index (χ3v) is 5.76. The normalized spacial score (nSPS) is 20.0. The van der Waals surface area contributed by atoms with Gasteiger partial charge in [0.05, 0.1) is 11.8 Å². The lowest BCUT2D eigenvalue weighted by molar-refractivity contribution is 0.0675. The Morgan fingerprint density at radius 3 is 2.86 bits per heavy atom. The highest BCUT2D eigenvalue weighted by atomic mass is 16.5. The Morgan fingerprint density at radius 2 is 2.14 bits per heavy atom. The zero-order chi connectivity index (χ0) is 20.1. The predicted octanol–water partition coefficient (Wildman–Crippen LogP) is 3.63. The van der Waals surface area contributed by atoms with Crippen LogP contribution in [-0.2, 0) is 11.3 Å². The molecule has 1 unspecified atom stereocenters. The molecule has 0 saturated carbocycles. The van der Waals surface area contributed by atoms with Gasteiger partial charge in [-0.05, 0) is 44.2 Å². The number of carbonyl (C=O) groups is 1. The van der Waals surface area contributed by atoms with E-state index in [9.17, 15) is 4.79 Å². The van der Waals surface area contributed by atoms with E-state index in [0.717, 1.165) is 68.0 Å². The average molecular weight is 399 g/mol. The topological polar surface area (TPSA) is 76.8 Å². The van der Waals surface area contributed by atoms with Gasteiger partial charge in [0.1, 0.15) is 18.6 Å². The molecular formula is C22H29N3O4. The lowest BCUT2D eigenvalue weighted by Gasteiger charge is -2.31. The molecule has 2 aromatic rings. The van der Waals surface area contributed by atoms with Crippen molar-refractivity contribution in [3.63, 3.8) is 0 Å². The number of urea groups is 1. The van der Waals surface area contributed by atoms with Gasteiger partial charge in [0.2, 0.25) is 0 Å². The second-order valence-corrected chi connectivity index (χ2v) is 7.90. The fourth-order valence-corrected chi connectivity index (χ4v) is 3.99. The Balaban J connectivity index is 1.28. The van der Waals surface area contributed by atoms with E-state index in [-0.39, 0.29) is 12.1 Å². The summed E-state index contributed by atoms with van der Waals surface area (Å²) in [6, 6.07) is 7.98. The Bertz CT molecular complexity index is 794. The maximum atomic E-state index is 12.6. The molecule has 3 heterocycles. The van der Waals surface area contributed by atoms with Crippen molar-refractivity contribution in [1.29, 1.82) is 0 Å². The van der Waals surface area contributed by atoms with E-state index in [2.05, 4.69) is 10.5 Å². The summed E-state index contributed by atoms with van der Waals surface area (Å²) in [6.07, 6.45) is 5.72. The van der Waals surface area contributed by atoms with Gasteiger partial charge in [-0.15, -0.1) is 0 Å². The monoisotopic (exact) mass is 399 g/mol. The largest absolute Gasteiger partial charge is 0.491 e. The smallest absolute Gasteiger partial charge is 0.317 e. The summed E-state index contributed by atoms with van der Waals surface area (Å²) in [4.78, 5) is 14.5. The number of aryl methyl sites for hydroxylation is 1. The summed E-state index contributed by atoms with van der Waals surface area (Å²) < 4.78 is 16.6. The average Bonchev–Trinajstić information content (AvgIpc) is 3.45. The number of nitrogens with zero attached hydrogens (tertiary/aromatic N) is 2. The number of rotatable bonds is 6. The van der Waals surface area contributed by atoms with Crippen LogP contribution in [0.2, 0.25) is 0 Å². The molecule has 29 heavy (non-hydrogen) atoms. The maximum absolute atomic E-state index is 12.6. The summed E-state index contributed by atoms with van der Waals surface area (Å²) in [5.41, 5.74) is 3.11. The van der Waals surface area contributed by atoms with Crippen molar-refractivity contribution in [1.82, 2.24) is 15.4 Å². The highest BCUT2D eigenvalue weighted by molar-refractivity contribution is 5.74. The van der Waals surface area contributed by atoms with Crippen LogP contribution in [0.4, 0.5) is 4.79 Å². The van der Waals surface area contributed by atoms with Crippen molar-refractivity contribution < 1.29 is 18.8 Å². The molecule has 2 amide bonds. The Labute approximate surface area is 171 Å². The molecule has 0 spiro atoms. The molecule has 0 bridgehead atoms. The number of aromatic nitrogens is 1. The number of piperidine rings is 1. The zero-order valence-electron chi connectivity index (χ0n) is 16.9. The van der Waals surface area contributed by atoms with Crippen LogP contribution in [0, 0.1) is 6.92 Å². The lowest BCUT2D eigenvalue weighted by atomic mass is 9.94. The number of ether oxygens (including phenoxy) is 2. The van der Waals surface area contributed by atoms with Crippen LogP contribution >= 0.6 is 0 Å². The Morgan fingerprint density at radius 1 is 1.28 bits per heavy atom. The maximum Gasteiger partial charge on any atom is 0.317 e. The number of hydrogen-bond donors (Lipinski definition) is 1. The van der Waals surface area contributed by atoms with Crippen LogP contribution in [0.3, 0.4) is 0 Å². The molecule has 7 nitrogen and oxygen atoms in total. The van der Waals surface area contributed by atoms with Gasteiger partial charge >= 0.3 is 6.03 Å². The van der Waals surface area contributed by atoms with Gasteiger partial charge < -0.3 is 24.2 Å². The van der Waals surface area contributed by atoms with Gasteiger partial charge in [-0.1, -0.05) is 17.3 Å². The van der Waals surface area contributed by atoms with Crippen molar-refractivity contribution in [2.24, 2.45) is 0 Å². The Hall–Kier alpha value is -2.54. The van der Waals surface area contributed by atoms with Gasteiger partial charge in [-0.25, -0.2) is 4.79 Å². The first-order valence-electron chi connectivity index (χ1n) is 10.5. The third-order valence-electron chi connectivity index (χ3n) is 5.76. The minimum absolute atomic E-state index is 0.0331. The molecule has 1 N–H and O–H groups in total. The summed E-state index contributed by atoms with van der Waals surface area (Å²) in [6.45, 7) is 5.31. The minimum Gasteiger partial charge on any atom is -0.491 e. The third kappa shape index (κ3) is 5.09. The molecule has 0 aliphatic carbocycles. The molecule has 2 aliphatic heterocycles. The van der Waals surface area contributed by atoms with Crippen LogP contribution in [0.5, 0.6) is 5.75 Å². The van der Waals surface area contributed by atoms with Crippen LogP contribution in [0.1, 0.15) is 48.4 Å². The van der Waals surface area contributed by atoms with Gasteiger partial charge in [0.25, 0.3) is 0 Å². The van der Waals surface area contributed by atoms with E-state index in [1.165, 1.54) is 0 Å². The number of amides is 2. The summed E-state index contributed by atoms with van der Waals surface area (Å²) >= 11 is 0. The number of benzene rings is 1. The molecule has 156 valence electrons. The molecule has 4 rings (SSSR count). The SMILES string of the molecule is Cc1ccc(CNC(=O)N2CCC(c3ccon3)CC2)c(OCC2CCCO2)c1. The van der Waals surface area contributed by atoms with Crippen LogP contribution in [0.15, 0.2) is 35.1 Å². The Kier molecular flexibility index (Phi) is 6.34. The fourth-order valence-electron chi connectivity index (χ4n) is 3.99. The van der Waals surface area contributed by atoms with Crippen molar-refractivity contribution in [2.45, 2.75) is 51.2 Å². The highest BCUT2D eigenvalue weighted by Gasteiger charge is 2.25. The van der Waals surface area contributed by atoms with Gasteiger partial charge in [-0.3, -0.25) is 0 Å². The molecule has 1 aromatic heterocycles. The van der Waals surface area contributed by atoms with Crippen molar-refractivity contribution in [2.75, 3.05) is 26.3 Å². The van der Waals surface area contributed by atoms with Gasteiger partial charge in [0, 0.05) is 43.8 Å². The van der Waals surface area contributed by atoms with Gasteiger partial charge in [-0.2, -0.15) is 0 Å². The first-order valence-corrected chi connectivity index (χ1v) is 10.5. The van der Waals surface area contributed by atoms with Crippen molar-refractivity contribution in [3.8, 4) is 5.75 Å². The van der Waals surface area contributed by atoms with Crippen LogP contribution in [0.25, 0.3) is 0 Å². The van der Waals surface area contributed by atoms with Crippen molar-refractivity contribution in [3.05, 3.63) is 47.3 Å². The molecule has 1 aromatic carbocycles. The molecule has 2 fully saturated rings. The van der Waals surface area contributed by atoms with Gasteiger partial charge in [0.15, 0.2) is 0 Å². The predicted molar refractivity (Wildman–Crippen MR) is 108 cm³/mol. The number of likely N-dealkylation sites (tertiary alicyclic amines) is 1. The number of hydrogen-bond acceptors (Lipinski definition) is 5. The second-order valence-electron chi connectivity index (χ2n) is 7.90. The van der Waals surface area contributed by atoms with Crippen LogP contribution < -0.4 is 10.1 Å². The highest BCUT2D eigenvalue weighted by Crippen LogP contribution is 2.27. The molecule has 1 atom stereocenters. The van der Waals surface area contributed by atoms with E-state index in [4.69, 9.17) is 14.0 Å². The van der Waals surface area contributed by atoms with E-state index >= 15 is 0 Å². The summed E-state index contributed by atoms with van der Waals surface area (Å²) in [7, 11) is 0. The zero-order valence-corrected chi connectivity index (χ0v) is 16.9. The quantitative estimate of drug-likeness (QED) is 0.803. The molecule has 2 saturated heterocycles. The van der Waals surface area contributed by atoms with E-state index < -0.39 is 0 Å². The lowest BCUT2D eigenvalue weighted by Crippen LogP contribution is -2.43. The molecule has 2 aliphatic rings. The standard InChI is InChI=1S/C22H29N3O4/c1-16-4-5-18(21(13-16)28-15-19-3-2-11-27-19)14-23-22(26)25-9-6-17(7-10-25)20-8-12-29-24-20/h4-5,8,12-13,17,19H,2-3,6-7,9-11,14-15H2,1H3,(H,23,26). The number of carbonyl (C=O) groups excluding carboxylic acids is 1. The van der Waals surface area contributed by atoms with Crippen LogP contribution in [-0.4, -0.2) is 48.5 Å². The molecule has 0 radical (unpaired) electrons. The first-order chi connectivity index (χ1) is 14.2. The minimum atomic E-state index is -0.0331. The van der Waals surface area contributed by atoms with E-state index in [1.807, 2.05) is 36.1 Å². The first kappa shape index (κ1) is 19.8. The molecule has 7 heteroatoms. The molecular weight excluding hydrogens is 370 g/mol. The van der Waals surface area contributed by atoms with E-state index in [1.54, 1.807) is 6.26 Å². The second kappa shape index (κ2) is 9.31. The van der Waals surface area contributed by atoms with Crippen molar-refractivity contribution >= 4 is 6.03 Å².